The monoisotopic (exact) mass is 195 g/mol. The van der Waals surface area contributed by atoms with Gasteiger partial charge in [-0.15, -0.1) is 0 Å². The standard InChI is InChI=1S/C11H21N3/c1-4-6-12-11-13-7-8-14(11)9-10(3)5-2/h7-8,10H,4-6,9H2,1-3H3,(H,12,13). The van der Waals surface area contributed by atoms with E-state index < -0.39 is 0 Å². The first-order valence-electron chi connectivity index (χ1n) is 5.52. The predicted octanol–water partition coefficient (Wildman–Crippen LogP) is 2.75. The molecule has 3 nitrogen and oxygen atoms in total. The summed E-state index contributed by atoms with van der Waals surface area (Å²) in [6.45, 7) is 8.71. The second kappa shape index (κ2) is 5.68. The second-order valence-electron chi connectivity index (χ2n) is 3.84. The number of hydrogen-bond donors (Lipinski definition) is 1. The maximum Gasteiger partial charge on any atom is 0.202 e. The van der Waals surface area contributed by atoms with Crippen molar-refractivity contribution in [1.82, 2.24) is 9.55 Å². The van der Waals surface area contributed by atoms with Gasteiger partial charge >= 0.3 is 0 Å². The van der Waals surface area contributed by atoms with Crippen LogP contribution in [0.2, 0.25) is 0 Å². The number of rotatable bonds is 6. The third kappa shape index (κ3) is 3.05. The summed E-state index contributed by atoms with van der Waals surface area (Å²) in [6, 6.07) is 0. The first-order valence-corrected chi connectivity index (χ1v) is 5.52. The Balaban J connectivity index is 2.53. The number of hydrogen-bond acceptors (Lipinski definition) is 2. The van der Waals surface area contributed by atoms with Gasteiger partial charge in [0.2, 0.25) is 5.95 Å². The molecule has 1 heterocycles. The fraction of sp³-hybridized carbons (Fsp3) is 0.727. The molecule has 1 atom stereocenters. The lowest BCUT2D eigenvalue weighted by molar-refractivity contribution is 0.471. The Morgan fingerprint density at radius 1 is 1.50 bits per heavy atom. The van der Waals surface area contributed by atoms with Gasteiger partial charge in [0, 0.05) is 25.5 Å². The molecule has 1 unspecified atom stereocenters. The molecular formula is C11H21N3. The molecule has 1 rings (SSSR count). The number of aromatic nitrogens is 2. The molecule has 0 bridgehead atoms. The largest absolute Gasteiger partial charge is 0.356 e. The zero-order chi connectivity index (χ0) is 10.4. The Kier molecular flexibility index (Phi) is 4.50. The molecule has 14 heavy (non-hydrogen) atoms. The molecule has 0 aliphatic rings. The van der Waals surface area contributed by atoms with Crippen molar-refractivity contribution in [1.29, 1.82) is 0 Å². The highest BCUT2D eigenvalue weighted by atomic mass is 15.2. The van der Waals surface area contributed by atoms with Crippen molar-refractivity contribution in [2.45, 2.75) is 40.2 Å². The summed E-state index contributed by atoms with van der Waals surface area (Å²) in [4.78, 5) is 4.29. The summed E-state index contributed by atoms with van der Waals surface area (Å²) in [5, 5.41) is 3.32. The molecule has 0 radical (unpaired) electrons. The summed E-state index contributed by atoms with van der Waals surface area (Å²) in [7, 11) is 0. The SMILES string of the molecule is CCCNc1nccn1CC(C)CC. The maximum absolute atomic E-state index is 4.29. The van der Waals surface area contributed by atoms with E-state index in [1.807, 2.05) is 12.4 Å². The van der Waals surface area contributed by atoms with Crippen LogP contribution in [0.1, 0.15) is 33.6 Å². The highest BCUT2D eigenvalue weighted by Crippen LogP contribution is 2.10. The van der Waals surface area contributed by atoms with Crippen LogP contribution >= 0.6 is 0 Å². The molecule has 1 aromatic rings. The van der Waals surface area contributed by atoms with E-state index >= 15 is 0 Å². The third-order valence-electron chi connectivity index (χ3n) is 2.45. The zero-order valence-electron chi connectivity index (χ0n) is 9.45. The fourth-order valence-electron chi connectivity index (χ4n) is 1.33. The summed E-state index contributed by atoms with van der Waals surface area (Å²) >= 11 is 0. The first-order chi connectivity index (χ1) is 6.77. The van der Waals surface area contributed by atoms with Crippen molar-refractivity contribution in [2.24, 2.45) is 5.92 Å². The van der Waals surface area contributed by atoms with Gasteiger partial charge in [-0.25, -0.2) is 4.98 Å². The Hall–Kier alpha value is -0.990. The van der Waals surface area contributed by atoms with Gasteiger partial charge in [-0.1, -0.05) is 27.2 Å². The van der Waals surface area contributed by atoms with Crippen molar-refractivity contribution >= 4 is 5.95 Å². The van der Waals surface area contributed by atoms with Crippen LogP contribution in [0, 0.1) is 5.92 Å². The van der Waals surface area contributed by atoms with Gasteiger partial charge in [-0.2, -0.15) is 0 Å². The number of nitrogens with one attached hydrogen (secondary N) is 1. The van der Waals surface area contributed by atoms with E-state index in [2.05, 4.69) is 35.6 Å². The van der Waals surface area contributed by atoms with Crippen molar-refractivity contribution < 1.29 is 0 Å². The van der Waals surface area contributed by atoms with Crippen LogP contribution in [-0.4, -0.2) is 16.1 Å². The second-order valence-corrected chi connectivity index (χ2v) is 3.84. The van der Waals surface area contributed by atoms with Crippen LogP contribution in [0.5, 0.6) is 0 Å². The van der Waals surface area contributed by atoms with Crippen molar-refractivity contribution in [3.8, 4) is 0 Å². The normalized spacial score (nSPS) is 12.8. The molecule has 0 spiro atoms. The maximum atomic E-state index is 4.29. The van der Waals surface area contributed by atoms with E-state index in [1.165, 1.54) is 6.42 Å². The number of anilines is 1. The predicted molar refractivity (Wildman–Crippen MR) is 60.5 cm³/mol. The van der Waals surface area contributed by atoms with Gasteiger partial charge < -0.3 is 9.88 Å². The lowest BCUT2D eigenvalue weighted by Crippen LogP contribution is -2.11. The van der Waals surface area contributed by atoms with Crippen LogP contribution in [0.25, 0.3) is 0 Å². The summed E-state index contributed by atoms with van der Waals surface area (Å²) in [6.07, 6.45) is 6.26. The van der Waals surface area contributed by atoms with E-state index in [0.29, 0.717) is 5.92 Å². The topological polar surface area (TPSA) is 29.9 Å². The minimum absolute atomic E-state index is 0.714. The minimum atomic E-state index is 0.714. The Morgan fingerprint density at radius 2 is 2.29 bits per heavy atom. The van der Waals surface area contributed by atoms with Crippen LogP contribution in [0.15, 0.2) is 12.4 Å². The molecule has 1 aromatic heterocycles. The van der Waals surface area contributed by atoms with E-state index in [9.17, 15) is 0 Å². The molecule has 0 aliphatic carbocycles. The van der Waals surface area contributed by atoms with Gasteiger partial charge in [0.1, 0.15) is 0 Å². The van der Waals surface area contributed by atoms with Crippen LogP contribution in [0.4, 0.5) is 5.95 Å². The minimum Gasteiger partial charge on any atom is -0.356 e. The average Bonchev–Trinajstić information content (AvgIpc) is 2.62. The first kappa shape index (κ1) is 11.1. The zero-order valence-corrected chi connectivity index (χ0v) is 9.45. The smallest absolute Gasteiger partial charge is 0.202 e. The molecule has 3 heteroatoms. The molecule has 0 saturated heterocycles. The van der Waals surface area contributed by atoms with Gasteiger partial charge in [-0.05, 0) is 12.3 Å². The lowest BCUT2D eigenvalue weighted by atomic mass is 10.1. The number of imidazole rings is 1. The van der Waals surface area contributed by atoms with Gasteiger partial charge in [0.05, 0.1) is 0 Å². The Labute approximate surface area is 86.5 Å². The molecule has 0 aliphatic heterocycles. The highest BCUT2D eigenvalue weighted by molar-refractivity contribution is 5.25. The molecule has 0 aromatic carbocycles. The summed E-state index contributed by atoms with van der Waals surface area (Å²) in [5.41, 5.74) is 0. The third-order valence-corrected chi connectivity index (χ3v) is 2.45. The molecule has 0 fully saturated rings. The van der Waals surface area contributed by atoms with Crippen molar-refractivity contribution in [3.05, 3.63) is 12.4 Å². The molecular weight excluding hydrogens is 174 g/mol. The van der Waals surface area contributed by atoms with Crippen LogP contribution < -0.4 is 5.32 Å². The van der Waals surface area contributed by atoms with E-state index in [0.717, 1.165) is 25.5 Å². The highest BCUT2D eigenvalue weighted by Gasteiger charge is 2.04. The summed E-state index contributed by atoms with van der Waals surface area (Å²) < 4.78 is 2.20. The van der Waals surface area contributed by atoms with Crippen molar-refractivity contribution in [2.75, 3.05) is 11.9 Å². The average molecular weight is 195 g/mol. The van der Waals surface area contributed by atoms with Gasteiger partial charge in [0.25, 0.3) is 0 Å². The molecule has 1 N–H and O–H groups in total. The Morgan fingerprint density at radius 3 is 2.93 bits per heavy atom. The number of nitrogens with zero attached hydrogens (tertiary/aromatic N) is 2. The quantitative estimate of drug-likeness (QED) is 0.756. The lowest BCUT2D eigenvalue weighted by Gasteiger charge is -2.12. The van der Waals surface area contributed by atoms with E-state index in [4.69, 9.17) is 0 Å². The van der Waals surface area contributed by atoms with Crippen LogP contribution in [0.3, 0.4) is 0 Å². The van der Waals surface area contributed by atoms with E-state index in [1.54, 1.807) is 0 Å². The van der Waals surface area contributed by atoms with Crippen LogP contribution in [-0.2, 0) is 6.54 Å². The molecule has 80 valence electrons. The fourth-order valence-corrected chi connectivity index (χ4v) is 1.33. The van der Waals surface area contributed by atoms with Gasteiger partial charge in [0.15, 0.2) is 0 Å². The molecule has 0 amide bonds. The molecule has 0 saturated carbocycles. The Bertz CT molecular complexity index is 255. The van der Waals surface area contributed by atoms with E-state index in [-0.39, 0.29) is 0 Å². The summed E-state index contributed by atoms with van der Waals surface area (Å²) in [5.74, 6) is 1.72. The van der Waals surface area contributed by atoms with Gasteiger partial charge in [-0.3, -0.25) is 0 Å². The van der Waals surface area contributed by atoms with Crippen molar-refractivity contribution in [3.63, 3.8) is 0 Å².